The second kappa shape index (κ2) is 5.36. The Morgan fingerprint density at radius 1 is 1.29 bits per heavy atom. The molecule has 1 amide bonds. The normalized spacial score (nSPS) is 14.4. The number of carbonyl (C=O) groups is 2. The Morgan fingerprint density at radius 3 is 2.47 bits per heavy atom. The van der Waals surface area contributed by atoms with Crippen LogP contribution in [-0.2, 0) is 4.79 Å². The topological polar surface area (TPSA) is 46.2 Å². The molecule has 1 saturated carbocycles. The molecular formula is C13H15NO2S. The van der Waals surface area contributed by atoms with Crippen LogP contribution in [0.25, 0.3) is 0 Å². The number of amides is 1. The Kier molecular flexibility index (Phi) is 3.84. The molecule has 1 aliphatic carbocycles. The maximum atomic E-state index is 11.8. The molecule has 1 fully saturated rings. The minimum atomic E-state index is 0.00753. The lowest BCUT2D eigenvalue weighted by Gasteiger charge is -2.02. The lowest BCUT2D eigenvalue weighted by molar-refractivity contribution is -0.118. The molecule has 0 saturated heterocycles. The number of hydrogen-bond donors (Lipinski definition) is 1. The van der Waals surface area contributed by atoms with Crippen molar-refractivity contribution in [1.29, 1.82) is 0 Å². The number of carbonyl (C=O) groups excluding carboxylic acids is 2. The number of benzene rings is 1. The summed E-state index contributed by atoms with van der Waals surface area (Å²) in [6, 6.07) is 7.52. The van der Waals surface area contributed by atoms with Crippen molar-refractivity contribution in [3.8, 4) is 0 Å². The van der Waals surface area contributed by atoms with Crippen molar-refractivity contribution in [2.75, 3.05) is 12.8 Å². The second-order valence-electron chi connectivity index (χ2n) is 4.12. The molecule has 1 aromatic carbocycles. The van der Waals surface area contributed by atoms with Crippen molar-refractivity contribution in [3.05, 3.63) is 29.8 Å². The summed E-state index contributed by atoms with van der Waals surface area (Å²) in [6.07, 6.45) is 2.07. The first-order valence-corrected chi connectivity index (χ1v) is 6.67. The van der Waals surface area contributed by atoms with Crippen LogP contribution < -0.4 is 5.32 Å². The molecule has 0 heterocycles. The van der Waals surface area contributed by atoms with Gasteiger partial charge in [0.15, 0.2) is 5.78 Å². The smallest absolute Gasteiger partial charge is 0.230 e. The van der Waals surface area contributed by atoms with E-state index in [0.717, 1.165) is 23.3 Å². The number of hydrogen-bond acceptors (Lipinski definition) is 3. The maximum Gasteiger partial charge on any atom is 0.230 e. The summed E-state index contributed by atoms with van der Waals surface area (Å²) in [5.74, 6) is 0.937. The van der Waals surface area contributed by atoms with Gasteiger partial charge < -0.3 is 5.32 Å². The van der Waals surface area contributed by atoms with Gasteiger partial charge in [0.2, 0.25) is 5.91 Å². The van der Waals surface area contributed by atoms with Crippen LogP contribution in [0.5, 0.6) is 0 Å². The Labute approximate surface area is 105 Å². The van der Waals surface area contributed by atoms with Crippen LogP contribution in [-0.4, -0.2) is 24.5 Å². The Morgan fingerprint density at radius 2 is 1.94 bits per heavy atom. The first-order chi connectivity index (χ1) is 8.20. The molecule has 17 heavy (non-hydrogen) atoms. The molecule has 0 atom stereocenters. The van der Waals surface area contributed by atoms with E-state index in [1.807, 2.05) is 24.3 Å². The van der Waals surface area contributed by atoms with E-state index in [0.29, 0.717) is 5.75 Å². The minimum absolute atomic E-state index is 0.00753. The van der Waals surface area contributed by atoms with Crippen molar-refractivity contribution in [2.45, 2.75) is 17.7 Å². The van der Waals surface area contributed by atoms with Crippen molar-refractivity contribution in [3.63, 3.8) is 0 Å². The van der Waals surface area contributed by atoms with Crippen molar-refractivity contribution in [1.82, 2.24) is 5.32 Å². The van der Waals surface area contributed by atoms with Gasteiger partial charge in [-0.15, -0.1) is 11.8 Å². The van der Waals surface area contributed by atoms with Gasteiger partial charge >= 0.3 is 0 Å². The van der Waals surface area contributed by atoms with Crippen LogP contribution in [0.4, 0.5) is 0 Å². The molecule has 0 bridgehead atoms. The fraction of sp³-hybridized carbons (Fsp3) is 0.385. The van der Waals surface area contributed by atoms with E-state index in [1.165, 1.54) is 11.8 Å². The predicted octanol–water partition coefficient (Wildman–Crippen LogP) is 2.12. The third-order valence-electron chi connectivity index (χ3n) is 2.74. The Hall–Kier alpha value is -1.29. The van der Waals surface area contributed by atoms with E-state index in [-0.39, 0.29) is 17.6 Å². The summed E-state index contributed by atoms with van der Waals surface area (Å²) in [7, 11) is 1.63. The van der Waals surface area contributed by atoms with Gasteiger partial charge in [-0.05, 0) is 25.0 Å². The van der Waals surface area contributed by atoms with Gasteiger partial charge in [0, 0.05) is 23.4 Å². The van der Waals surface area contributed by atoms with E-state index in [4.69, 9.17) is 0 Å². The summed E-state index contributed by atoms with van der Waals surface area (Å²) in [6.45, 7) is 0. The Bertz CT molecular complexity index is 424. The number of thioether (sulfide) groups is 1. The van der Waals surface area contributed by atoms with Crippen molar-refractivity contribution >= 4 is 23.5 Å². The summed E-state index contributed by atoms with van der Waals surface area (Å²) in [5.41, 5.74) is 0.789. The lowest BCUT2D eigenvalue weighted by Crippen LogP contribution is -2.19. The summed E-state index contributed by atoms with van der Waals surface area (Å²) < 4.78 is 0. The van der Waals surface area contributed by atoms with E-state index in [1.54, 1.807) is 7.05 Å². The van der Waals surface area contributed by atoms with Crippen LogP contribution >= 0.6 is 11.8 Å². The molecule has 0 unspecified atom stereocenters. The highest BCUT2D eigenvalue weighted by atomic mass is 32.2. The first kappa shape index (κ1) is 12.2. The molecule has 4 heteroatoms. The molecule has 1 N–H and O–H groups in total. The summed E-state index contributed by atoms with van der Waals surface area (Å²) >= 11 is 1.47. The molecule has 0 aromatic heterocycles. The second-order valence-corrected chi connectivity index (χ2v) is 5.17. The average Bonchev–Trinajstić information content (AvgIpc) is 3.20. The average molecular weight is 249 g/mol. The van der Waals surface area contributed by atoms with Crippen LogP contribution in [0, 0.1) is 5.92 Å². The minimum Gasteiger partial charge on any atom is -0.358 e. The zero-order valence-electron chi connectivity index (χ0n) is 9.73. The molecule has 0 radical (unpaired) electrons. The molecule has 2 rings (SSSR count). The number of Topliss-reactive ketones (excluding diaryl/α,β-unsaturated/α-hetero) is 1. The molecule has 1 aliphatic rings. The SMILES string of the molecule is CNC(=O)CSc1ccc(C(=O)C2CC2)cc1. The quantitative estimate of drug-likeness (QED) is 0.642. The molecule has 1 aromatic rings. The molecule has 0 aliphatic heterocycles. The van der Waals surface area contributed by atoms with E-state index >= 15 is 0 Å². The third kappa shape index (κ3) is 3.33. The van der Waals surface area contributed by atoms with Gasteiger partial charge in [0.05, 0.1) is 5.75 Å². The van der Waals surface area contributed by atoms with Gasteiger partial charge in [-0.1, -0.05) is 12.1 Å². The zero-order valence-corrected chi connectivity index (χ0v) is 10.5. The van der Waals surface area contributed by atoms with Crippen molar-refractivity contribution in [2.24, 2.45) is 5.92 Å². The molecule has 3 nitrogen and oxygen atoms in total. The van der Waals surface area contributed by atoms with Crippen LogP contribution in [0.2, 0.25) is 0 Å². The van der Waals surface area contributed by atoms with Gasteiger partial charge in [0.25, 0.3) is 0 Å². The number of nitrogens with one attached hydrogen (secondary N) is 1. The van der Waals surface area contributed by atoms with Crippen LogP contribution in [0.3, 0.4) is 0 Å². The highest BCUT2D eigenvalue weighted by Gasteiger charge is 2.30. The first-order valence-electron chi connectivity index (χ1n) is 5.68. The zero-order chi connectivity index (χ0) is 12.3. The molecule has 0 spiro atoms. The standard InChI is InChI=1S/C13H15NO2S/c1-14-12(15)8-17-11-6-4-10(5-7-11)13(16)9-2-3-9/h4-7,9H,2-3,8H2,1H3,(H,14,15). The van der Waals surface area contributed by atoms with Crippen LogP contribution in [0.15, 0.2) is 29.2 Å². The van der Waals surface area contributed by atoms with E-state index in [2.05, 4.69) is 5.32 Å². The Balaban J connectivity index is 1.93. The van der Waals surface area contributed by atoms with Crippen LogP contribution in [0.1, 0.15) is 23.2 Å². The fourth-order valence-electron chi connectivity index (χ4n) is 1.52. The highest BCUT2D eigenvalue weighted by molar-refractivity contribution is 8.00. The van der Waals surface area contributed by atoms with Crippen molar-refractivity contribution < 1.29 is 9.59 Å². The van der Waals surface area contributed by atoms with E-state index < -0.39 is 0 Å². The van der Waals surface area contributed by atoms with Gasteiger partial charge in [0.1, 0.15) is 0 Å². The summed E-state index contributed by atoms with van der Waals surface area (Å²) in [5, 5.41) is 2.57. The third-order valence-corrected chi connectivity index (χ3v) is 3.75. The fourth-order valence-corrected chi connectivity index (χ4v) is 2.29. The predicted molar refractivity (Wildman–Crippen MR) is 68.3 cm³/mol. The van der Waals surface area contributed by atoms with Gasteiger partial charge in [-0.3, -0.25) is 9.59 Å². The highest BCUT2D eigenvalue weighted by Crippen LogP contribution is 2.32. The van der Waals surface area contributed by atoms with Gasteiger partial charge in [-0.2, -0.15) is 0 Å². The number of ketones is 1. The molecule has 90 valence electrons. The van der Waals surface area contributed by atoms with Gasteiger partial charge in [-0.25, -0.2) is 0 Å². The lowest BCUT2D eigenvalue weighted by atomic mass is 10.1. The summed E-state index contributed by atoms with van der Waals surface area (Å²) in [4.78, 5) is 23.8. The van der Waals surface area contributed by atoms with E-state index in [9.17, 15) is 9.59 Å². The maximum absolute atomic E-state index is 11.8. The molecular weight excluding hydrogens is 234 g/mol. The monoisotopic (exact) mass is 249 g/mol. The number of rotatable bonds is 5. The largest absolute Gasteiger partial charge is 0.358 e.